The Labute approximate surface area is 147 Å². The van der Waals surface area contributed by atoms with Gasteiger partial charge in [-0.1, -0.05) is 26.0 Å². The van der Waals surface area contributed by atoms with E-state index in [1.807, 2.05) is 52.0 Å². The van der Waals surface area contributed by atoms with Gasteiger partial charge in [0.25, 0.3) is 0 Å². The smallest absolute Gasteiger partial charge is 0.243 e. The molecule has 0 saturated heterocycles. The van der Waals surface area contributed by atoms with Crippen LogP contribution in [0.5, 0.6) is 5.75 Å². The minimum absolute atomic E-state index is 0.0173. The monoisotopic (exact) mass is 346 g/mol. The zero-order valence-corrected chi connectivity index (χ0v) is 15.4. The van der Waals surface area contributed by atoms with E-state index in [1.165, 1.54) is 6.92 Å². The Morgan fingerprint density at radius 1 is 1.20 bits per heavy atom. The first kappa shape index (κ1) is 18.8. The maximum Gasteiger partial charge on any atom is 0.243 e. The standard InChI is InChI=1S/C19H26N2O4/c1-6-24-15-9-7-8-14-10-16(25-18(14)15)12(4)20-19(23)17(11(2)3)21-13(5)22/h7-12,17H,6H2,1-5H3,(H,20,23)(H,21,22)/t12-,17-/m0/s1. The van der Waals surface area contributed by atoms with Crippen molar-refractivity contribution >= 4 is 22.8 Å². The Morgan fingerprint density at radius 3 is 2.52 bits per heavy atom. The lowest BCUT2D eigenvalue weighted by molar-refractivity contribution is -0.129. The topological polar surface area (TPSA) is 80.6 Å². The number of carbonyl (C=O) groups excluding carboxylic acids is 2. The number of furan rings is 1. The van der Waals surface area contributed by atoms with Gasteiger partial charge < -0.3 is 19.8 Å². The Morgan fingerprint density at radius 2 is 1.92 bits per heavy atom. The van der Waals surface area contributed by atoms with Crippen LogP contribution >= 0.6 is 0 Å². The highest BCUT2D eigenvalue weighted by atomic mass is 16.5. The lowest BCUT2D eigenvalue weighted by Gasteiger charge is -2.22. The molecule has 0 aliphatic rings. The highest BCUT2D eigenvalue weighted by Gasteiger charge is 2.25. The van der Waals surface area contributed by atoms with Crippen LogP contribution < -0.4 is 15.4 Å². The number of rotatable bonds is 7. The molecule has 0 saturated carbocycles. The van der Waals surface area contributed by atoms with Crippen molar-refractivity contribution in [2.45, 2.75) is 46.7 Å². The largest absolute Gasteiger partial charge is 0.490 e. The van der Waals surface area contributed by atoms with Crippen molar-refractivity contribution in [1.29, 1.82) is 0 Å². The van der Waals surface area contributed by atoms with Crippen molar-refractivity contribution in [2.75, 3.05) is 6.61 Å². The van der Waals surface area contributed by atoms with E-state index in [-0.39, 0.29) is 23.8 Å². The number of hydrogen-bond donors (Lipinski definition) is 2. The molecule has 0 spiro atoms. The summed E-state index contributed by atoms with van der Waals surface area (Å²) < 4.78 is 11.5. The third-order valence-corrected chi connectivity index (χ3v) is 3.92. The minimum atomic E-state index is -0.580. The zero-order chi connectivity index (χ0) is 18.6. The van der Waals surface area contributed by atoms with Crippen LogP contribution in [0.3, 0.4) is 0 Å². The number of fused-ring (bicyclic) bond motifs is 1. The van der Waals surface area contributed by atoms with Gasteiger partial charge in [-0.2, -0.15) is 0 Å². The van der Waals surface area contributed by atoms with Gasteiger partial charge in [-0.15, -0.1) is 0 Å². The highest BCUT2D eigenvalue weighted by molar-refractivity contribution is 5.87. The Bertz CT molecular complexity index is 751. The number of benzene rings is 1. The van der Waals surface area contributed by atoms with Gasteiger partial charge in [0.15, 0.2) is 11.3 Å². The molecule has 2 atom stereocenters. The average Bonchev–Trinajstić information content (AvgIpc) is 2.97. The van der Waals surface area contributed by atoms with Crippen molar-refractivity contribution in [3.8, 4) is 5.75 Å². The fraction of sp³-hybridized carbons (Fsp3) is 0.474. The summed E-state index contributed by atoms with van der Waals surface area (Å²) in [5.41, 5.74) is 0.669. The molecule has 0 unspecified atom stereocenters. The van der Waals surface area contributed by atoms with E-state index in [9.17, 15) is 9.59 Å². The second-order valence-corrected chi connectivity index (χ2v) is 6.41. The Hall–Kier alpha value is -2.50. The fourth-order valence-corrected chi connectivity index (χ4v) is 2.67. The number of amides is 2. The van der Waals surface area contributed by atoms with Crippen LogP contribution in [0, 0.1) is 5.92 Å². The normalized spacial score (nSPS) is 13.5. The molecule has 0 aliphatic carbocycles. The number of ether oxygens (including phenoxy) is 1. The van der Waals surface area contributed by atoms with Crippen molar-refractivity contribution < 1.29 is 18.7 Å². The molecular formula is C19H26N2O4. The Kier molecular flexibility index (Phi) is 6.07. The van der Waals surface area contributed by atoms with Gasteiger partial charge in [-0.3, -0.25) is 9.59 Å². The molecule has 1 aromatic carbocycles. The molecule has 6 nitrogen and oxygen atoms in total. The lowest BCUT2D eigenvalue weighted by Crippen LogP contribution is -2.49. The molecule has 0 bridgehead atoms. The van der Waals surface area contributed by atoms with Gasteiger partial charge in [-0.25, -0.2) is 0 Å². The van der Waals surface area contributed by atoms with Crippen LogP contribution in [0.25, 0.3) is 11.0 Å². The fourth-order valence-electron chi connectivity index (χ4n) is 2.67. The third-order valence-electron chi connectivity index (χ3n) is 3.92. The molecule has 136 valence electrons. The predicted molar refractivity (Wildman–Crippen MR) is 96.4 cm³/mol. The predicted octanol–water partition coefficient (Wildman–Crippen LogP) is 3.17. The SMILES string of the molecule is CCOc1cccc2cc([C@H](C)NC(=O)[C@@H](NC(C)=O)C(C)C)oc12. The first-order valence-corrected chi connectivity index (χ1v) is 8.56. The van der Waals surface area contributed by atoms with Crippen LogP contribution in [-0.2, 0) is 9.59 Å². The summed E-state index contributed by atoms with van der Waals surface area (Å²) in [6.07, 6.45) is 0. The molecule has 1 aromatic heterocycles. The maximum atomic E-state index is 12.5. The summed E-state index contributed by atoms with van der Waals surface area (Å²) in [5.74, 6) is 0.843. The van der Waals surface area contributed by atoms with Gasteiger partial charge >= 0.3 is 0 Å². The summed E-state index contributed by atoms with van der Waals surface area (Å²) >= 11 is 0. The quantitative estimate of drug-likeness (QED) is 0.807. The number of carbonyl (C=O) groups is 2. The van der Waals surface area contributed by atoms with Crippen LogP contribution in [0.15, 0.2) is 28.7 Å². The van der Waals surface area contributed by atoms with Gasteiger partial charge in [-0.05, 0) is 31.9 Å². The van der Waals surface area contributed by atoms with Crippen LogP contribution in [0.4, 0.5) is 0 Å². The van der Waals surface area contributed by atoms with Crippen LogP contribution in [0.1, 0.15) is 46.4 Å². The number of para-hydroxylation sites is 1. The van der Waals surface area contributed by atoms with E-state index in [0.717, 1.165) is 5.39 Å². The van der Waals surface area contributed by atoms with Gasteiger partial charge in [0.05, 0.1) is 12.6 Å². The molecule has 25 heavy (non-hydrogen) atoms. The molecule has 0 fully saturated rings. The van der Waals surface area contributed by atoms with Crippen molar-refractivity contribution in [2.24, 2.45) is 5.92 Å². The van der Waals surface area contributed by atoms with E-state index in [0.29, 0.717) is 23.7 Å². The Balaban J connectivity index is 2.18. The summed E-state index contributed by atoms with van der Waals surface area (Å²) in [4.78, 5) is 23.8. The van der Waals surface area contributed by atoms with Crippen LogP contribution in [-0.4, -0.2) is 24.5 Å². The maximum absolute atomic E-state index is 12.5. The summed E-state index contributed by atoms with van der Waals surface area (Å²) in [5, 5.41) is 6.51. The molecule has 2 aromatic rings. The van der Waals surface area contributed by atoms with Gasteiger partial charge in [0.1, 0.15) is 11.8 Å². The highest BCUT2D eigenvalue weighted by Crippen LogP contribution is 2.31. The first-order valence-electron chi connectivity index (χ1n) is 8.56. The first-order chi connectivity index (χ1) is 11.8. The lowest BCUT2D eigenvalue weighted by atomic mass is 10.0. The molecule has 1 heterocycles. The van der Waals surface area contributed by atoms with E-state index >= 15 is 0 Å². The second-order valence-electron chi connectivity index (χ2n) is 6.41. The molecule has 2 N–H and O–H groups in total. The summed E-state index contributed by atoms with van der Waals surface area (Å²) in [6, 6.07) is 6.68. The van der Waals surface area contributed by atoms with E-state index in [2.05, 4.69) is 10.6 Å². The van der Waals surface area contributed by atoms with E-state index in [4.69, 9.17) is 9.15 Å². The molecule has 0 radical (unpaired) electrons. The average molecular weight is 346 g/mol. The summed E-state index contributed by atoms with van der Waals surface area (Å²) in [7, 11) is 0. The van der Waals surface area contributed by atoms with E-state index < -0.39 is 6.04 Å². The molecule has 6 heteroatoms. The molecule has 2 rings (SSSR count). The molecule has 0 aliphatic heterocycles. The van der Waals surface area contributed by atoms with Crippen molar-refractivity contribution in [1.82, 2.24) is 10.6 Å². The minimum Gasteiger partial charge on any atom is -0.490 e. The van der Waals surface area contributed by atoms with Gasteiger partial charge in [0.2, 0.25) is 11.8 Å². The van der Waals surface area contributed by atoms with Crippen LogP contribution in [0.2, 0.25) is 0 Å². The van der Waals surface area contributed by atoms with Crippen molar-refractivity contribution in [3.05, 3.63) is 30.0 Å². The summed E-state index contributed by atoms with van der Waals surface area (Å²) in [6.45, 7) is 9.50. The molecular weight excluding hydrogens is 320 g/mol. The van der Waals surface area contributed by atoms with Crippen molar-refractivity contribution in [3.63, 3.8) is 0 Å². The number of hydrogen-bond acceptors (Lipinski definition) is 4. The third kappa shape index (κ3) is 4.53. The van der Waals surface area contributed by atoms with E-state index in [1.54, 1.807) is 0 Å². The second kappa shape index (κ2) is 8.05. The van der Waals surface area contributed by atoms with Gasteiger partial charge in [0, 0.05) is 12.3 Å². The molecule has 2 amide bonds. The number of nitrogens with one attached hydrogen (secondary N) is 2. The zero-order valence-electron chi connectivity index (χ0n) is 15.4.